The number of amides is 1. The fourth-order valence-corrected chi connectivity index (χ4v) is 3.22. The summed E-state index contributed by atoms with van der Waals surface area (Å²) in [6.45, 7) is 3.27. The molecule has 0 radical (unpaired) electrons. The summed E-state index contributed by atoms with van der Waals surface area (Å²) in [6, 6.07) is 14.7. The highest BCUT2D eigenvalue weighted by atomic mass is 19.1. The van der Waals surface area contributed by atoms with Crippen molar-refractivity contribution in [1.82, 2.24) is 0 Å². The number of carbonyl (C=O) groups excluding carboxylic acids is 2. The maximum Gasteiger partial charge on any atom is 0.340 e. The molecule has 2 aromatic rings. The van der Waals surface area contributed by atoms with E-state index < -0.39 is 23.6 Å². The van der Waals surface area contributed by atoms with E-state index in [4.69, 9.17) is 15.2 Å². The van der Waals surface area contributed by atoms with Gasteiger partial charge in [-0.1, -0.05) is 36.4 Å². The van der Waals surface area contributed by atoms with Gasteiger partial charge < -0.3 is 20.5 Å². The first-order chi connectivity index (χ1) is 13.9. The van der Waals surface area contributed by atoms with Crippen molar-refractivity contribution in [3.63, 3.8) is 0 Å². The number of ether oxygens (including phenoxy) is 2. The van der Waals surface area contributed by atoms with Crippen LogP contribution in [0.5, 0.6) is 0 Å². The molecule has 1 aliphatic rings. The molecule has 1 heterocycles. The van der Waals surface area contributed by atoms with Gasteiger partial charge in [0, 0.05) is 11.3 Å². The Morgan fingerprint density at radius 1 is 1.10 bits per heavy atom. The average molecular weight is 396 g/mol. The Labute approximate surface area is 167 Å². The van der Waals surface area contributed by atoms with Crippen molar-refractivity contribution < 1.29 is 23.5 Å². The molecule has 1 aliphatic heterocycles. The molecule has 1 amide bonds. The van der Waals surface area contributed by atoms with Crippen molar-refractivity contribution in [1.29, 1.82) is 0 Å². The highest BCUT2D eigenvalue weighted by Gasteiger charge is 2.40. The number of halogens is 1. The highest BCUT2D eigenvalue weighted by molar-refractivity contribution is 6.08. The Balaban J connectivity index is 2.11. The van der Waals surface area contributed by atoms with Crippen molar-refractivity contribution in [2.24, 2.45) is 5.73 Å². The van der Waals surface area contributed by atoms with Crippen LogP contribution in [-0.2, 0) is 19.1 Å². The number of allylic oxidation sites excluding steroid dienone is 1. The lowest BCUT2D eigenvalue weighted by atomic mass is 9.81. The second kappa shape index (κ2) is 8.60. The van der Waals surface area contributed by atoms with E-state index >= 15 is 0 Å². The Bertz CT molecular complexity index is 999. The van der Waals surface area contributed by atoms with Crippen LogP contribution in [-0.4, -0.2) is 18.5 Å². The first-order valence-electron chi connectivity index (χ1n) is 9.10. The summed E-state index contributed by atoms with van der Waals surface area (Å²) in [5, 5.41) is 2.75. The second-order valence-electron chi connectivity index (χ2n) is 6.34. The van der Waals surface area contributed by atoms with Crippen LogP contribution in [0.1, 0.15) is 25.3 Å². The quantitative estimate of drug-likeness (QED) is 0.754. The van der Waals surface area contributed by atoms with E-state index in [9.17, 15) is 14.0 Å². The van der Waals surface area contributed by atoms with Gasteiger partial charge in [0.25, 0.3) is 5.91 Å². The van der Waals surface area contributed by atoms with Gasteiger partial charge in [-0.15, -0.1) is 0 Å². The summed E-state index contributed by atoms with van der Waals surface area (Å²) < 4.78 is 25.3. The molecule has 0 spiro atoms. The van der Waals surface area contributed by atoms with E-state index in [-0.39, 0.29) is 35.0 Å². The average Bonchev–Trinajstić information content (AvgIpc) is 2.68. The van der Waals surface area contributed by atoms with Crippen molar-refractivity contribution in [3.05, 3.63) is 88.8 Å². The molecule has 0 aromatic heterocycles. The van der Waals surface area contributed by atoms with Gasteiger partial charge in [-0.05, 0) is 32.0 Å². The van der Waals surface area contributed by atoms with Crippen LogP contribution in [0, 0.1) is 5.82 Å². The lowest BCUT2D eigenvalue weighted by Crippen LogP contribution is -2.32. The first kappa shape index (κ1) is 20.1. The van der Waals surface area contributed by atoms with Gasteiger partial charge >= 0.3 is 5.97 Å². The number of esters is 1. The number of rotatable bonds is 5. The summed E-state index contributed by atoms with van der Waals surface area (Å²) >= 11 is 0. The minimum Gasteiger partial charge on any atom is -0.462 e. The molecule has 2 aromatic carbocycles. The van der Waals surface area contributed by atoms with Gasteiger partial charge in [0.15, 0.2) is 0 Å². The van der Waals surface area contributed by atoms with Crippen LogP contribution >= 0.6 is 0 Å². The first-order valence-corrected chi connectivity index (χ1v) is 9.10. The van der Waals surface area contributed by atoms with Crippen molar-refractivity contribution >= 4 is 17.6 Å². The fraction of sp³-hybridized carbons (Fsp3) is 0.182. The summed E-state index contributed by atoms with van der Waals surface area (Å²) in [4.78, 5) is 25.7. The molecule has 0 saturated carbocycles. The third kappa shape index (κ3) is 4.13. The zero-order valence-corrected chi connectivity index (χ0v) is 16.1. The van der Waals surface area contributed by atoms with E-state index in [2.05, 4.69) is 5.32 Å². The molecule has 0 saturated heterocycles. The molecule has 7 heteroatoms. The van der Waals surface area contributed by atoms with Crippen LogP contribution in [0.25, 0.3) is 0 Å². The van der Waals surface area contributed by atoms with Gasteiger partial charge in [0.1, 0.15) is 17.1 Å². The maximum absolute atomic E-state index is 14.7. The number of anilines is 1. The Kier molecular flexibility index (Phi) is 5.97. The van der Waals surface area contributed by atoms with E-state index in [1.165, 1.54) is 18.2 Å². The Hall–Kier alpha value is -3.61. The normalized spacial score (nSPS) is 16.3. The molecular weight excluding hydrogens is 375 g/mol. The molecule has 3 rings (SSSR count). The predicted octanol–water partition coefficient (Wildman–Crippen LogP) is 3.59. The summed E-state index contributed by atoms with van der Waals surface area (Å²) in [5.41, 5.74) is 6.60. The third-order valence-electron chi connectivity index (χ3n) is 4.47. The zero-order chi connectivity index (χ0) is 21.0. The van der Waals surface area contributed by atoms with Crippen LogP contribution in [0.4, 0.5) is 10.1 Å². The van der Waals surface area contributed by atoms with Crippen LogP contribution < -0.4 is 11.1 Å². The summed E-state index contributed by atoms with van der Waals surface area (Å²) in [5.74, 6) is -2.99. The van der Waals surface area contributed by atoms with E-state index in [0.29, 0.717) is 5.69 Å². The summed E-state index contributed by atoms with van der Waals surface area (Å²) in [7, 11) is 0. The number of para-hydroxylation sites is 1. The minimum absolute atomic E-state index is 0.0798. The number of carbonyl (C=O) groups is 2. The van der Waals surface area contributed by atoms with Gasteiger partial charge in [-0.25, -0.2) is 9.18 Å². The molecule has 0 bridgehead atoms. The predicted molar refractivity (Wildman–Crippen MR) is 106 cm³/mol. The molecule has 6 nitrogen and oxygen atoms in total. The molecule has 3 N–H and O–H groups in total. The van der Waals surface area contributed by atoms with E-state index in [0.717, 1.165) is 0 Å². The second-order valence-corrected chi connectivity index (χ2v) is 6.34. The highest BCUT2D eigenvalue weighted by Crippen LogP contribution is 2.41. The molecule has 1 atom stereocenters. The maximum atomic E-state index is 14.7. The van der Waals surface area contributed by atoms with Crippen LogP contribution in [0.3, 0.4) is 0 Å². The smallest absolute Gasteiger partial charge is 0.340 e. The molecule has 150 valence electrons. The number of hydrogen-bond acceptors (Lipinski definition) is 5. The number of nitrogens with one attached hydrogen (secondary N) is 1. The molecule has 0 unspecified atom stereocenters. The minimum atomic E-state index is -1.08. The lowest BCUT2D eigenvalue weighted by Gasteiger charge is -2.29. The Morgan fingerprint density at radius 2 is 1.76 bits per heavy atom. The summed E-state index contributed by atoms with van der Waals surface area (Å²) in [6.07, 6.45) is 0. The van der Waals surface area contributed by atoms with Crippen molar-refractivity contribution in [3.8, 4) is 0 Å². The largest absolute Gasteiger partial charge is 0.462 e. The van der Waals surface area contributed by atoms with Gasteiger partial charge in [-0.2, -0.15) is 0 Å². The molecule has 0 fully saturated rings. The lowest BCUT2D eigenvalue weighted by molar-refractivity contribution is -0.139. The topological polar surface area (TPSA) is 90.7 Å². The van der Waals surface area contributed by atoms with Crippen molar-refractivity contribution in [2.45, 2.75) is 19.8 Å². The standard InChI is InChI=1S/C22H21FN2O4/c1-3-28-22(27)19-18(15-11-7-8-12-16(15)23)17(13(2)29-20(19)24)21(26)25-14-9-5-4-6-10-14/h4-12,18H,3,24H2,1-2H3,(H,25,26)/t18-/m0/s1. The van der Waals surface area contributed by atoms with Gasteiger partial charge in [0.05, 0.1) is 18.1 Å². The number of benzene rings is 2. The van der Waals surface area contributed by atoms with Crippen LogP contribution in [0.15, 0.2) is 77.4 Å². The monoisotopic (exact) mass is 396 g/mol. The van der Waals surface area contributed by atoms with Crippen LogP contribution in [0.2, 0.25) is 0 Å². The molecule has 0 aliphatic carbocycles. The number of nitrogens with two attached hydrogens (primary N) is 1. The molecule has 29 heavy (non-hydrogen) atoms. The van der Waals surface area contributed by atoms with Gasteiger partial charge in [-0.3, -0.25) is 4.79 Å². The van der Waals surface area contributed by atoms with Crippen molar-refractivity contribution in [2.75, 3.05) is 11.9 Å². The Morgan fingerprint density at radius 3 is 2.41 bits per heavy atom. The van der Waals surface area contributed by atoms with E-state index in [1.807, 2.05) is 6.07 Å². The van der Waals surface area contributed by atoms with E-state index in [1.54, 1.807) is 44.2 Å². The number of hydrogen-bond donors (Lipinski definition) is 2. The van der Waals surface area contributed by atoms with Gasteiger partial charge in [0.2, 0.25) is 5.88 Å². The SMILES string of the molecule is CCOC(=O)C1=C(N)OC(C)=C(C(=O)Nc2ccccc2)[C@@H]1c1ccccc1F. The molecular formula is C22H21FN2O4. The third-order valence-corrected chi connectivity index (χ3v) is 4.47. The fourth-order valence-electron chi connectivity index (χ4n) is 3.22. The zero-order valence-electron chi connectivity index (χ0n) is 16.1.